The lowest BCUT2D eigenvalue weighted by Crippen LogP contribution is -2.71. The number of hydrazine groups is 1. The Morgan fingerprint density at radius 2 is 1.73 bits per heavy atom. The minimum atomic E-state index is -1.12. The van der Waals surface area contributed by atoms with Crippen molar-refractivity contribution < 1.29 is 58.2 Å². The lowest BCUT2D eigenvalue weighted by Gasteiger charge is -2.56. The Morgan fingerprint density at radius 1 is 0.987 bits per heavy atom. The second kappa shape index (κ2) is 28.2. The fourth-order valence-electron chi connectivity index (χ4n) is 12.1. The molecule has 0 aliphatic carbocycles. The van der Waals surface area contributed by atoms with Crippen molar-refractivity contribution in [1.82, 2.24) is 26.4 Å². The van der Waals surface area contributed by atoms with E-state index in [9.17, 15) is 39.3 Å². The molecule has 79 heavy (non-hydrogen) atoms. The number of carbonyl (C=O) groups excluding carboxylic acids is 5. The van der Waals surface area contributed by atoms with Crippen molar-refractivity contribution >= 4 is 35.3 Å². The molecule has 2 bridgehead atoms. The molecule has 0 saturated carbocycles. The molecule has 440 valence electrons. The van der Waals surface area contributed by atoms with Gasteiger partial charge in [-0.25, -0.2) is 5.43 Å². The number of nitrogens with zero attached hydrogens (tertiary/aromatic N) is 1. The zero-order valence-corrected chi connectivity index (χ0v) is 48.7. The Kier molecular flexibility index (Phi) is 22.5. The van der Waals surface area contributed by atoms with Gasteiger partial charge in [0.2, 0.25) is 17.7 Å². The molecular formula is C61H94N6O12. The summed E-state index contributed by atoms with van der Waals surface area (Å²) in [5, 5.41) is 45.0. The summed E-state index contributed by atoms with van der Waals surface area (Å²) in [4.78, 5) is 70.6. The molecule has 4 saturated heterocycles. The number of cyclic esters (lactones) is 1. The van der Waals surface area contributed by atoms with Crippen molar-refractivity contribution in [3.8, 4) is 0 Å². The van der Waals surface area contributed by atoms with Gasteiger partial charge in [0.05, 0.1) is 36.4 Å². The molecule has 18 nitrogen and oxygen atoms in total. The maximum atomic E-state index is 14.6. The lowest BCUT2D eigenvalue weighted by molar-refractivity contribution is -0.280. The summed E-state index contributed by atoms with van der Waals surface area (Å²) in [5.74, 6) is -5.61. The van der Waals surface area contributed by atoms with Crippen molar-refractivity contribution in [3.63, 3.8) is 0 Å². The van der Waals surface area contributed by atoms with Crippen LogP contribution in [0.3, 0.4) is 0 Å². The Hall–Kier alpha value is -4.95. The van der Waals surface area contributed by atoms with Crippen LogP contribution in [0.4, 0.5) is 5.69 Å². The normalized spacial score (nSPS) is 37.4. The molecule has 5 heterocycles. The molecule has 4 fully saturated rings. The summed E-state index contributed by atoms with van der Waals surface area (Å²) in [5.41, 5.74) is 10.2. The van der Waals surface area contributed by atoms with E-state index in [0.29, 0.717) is 62.6 Å². The predicted octanol–water partition coefficient (Wildman–Crippen LogP) is 6.10. The fraction of sp³-hybridized carbons (Fsp3) is 0.689. The highest BCUT2D eigenvalue weighted by molar-refractivity contribution is 5.93. The third kappa shape index (κ3) is 15.7. The number of hydrogen-bond donors (Lipinski definition) is 8. The standard InChI is InChI=1S/C61H94N6O12/c1-12-43-31-38(6)61(65-55(43)71)41(9)53(70)40(8)51(78-61)34-49(69)36(4)21-15-13-16-22-37(5)50-27-18-14-17-26-48(68)39(7)54-45(28-29-60(10,76-11)79-54)56(72)64-52(35(2)3)57(73)63-47(33-42-23-19-24-44(62)32-42)58(74)67-30-20-25-46(66-67)59(75)77-50/h13-14,16-19,22-24,26,32,35-36,38-41,43,45-54,66,68-70H,12,15,20-21,25,27-31,33-34,62H2,1-11H3,(H,63,73)(H,64,72)(H,65,71)/b16-13+,18-14+,26-17+,37-22+/t36-,38-,39-,40-,41-,43-,45+,46?,47-,48-,49-,50-,51-,52-,53-,54+,60?,61+/m0/s1. The maximum Gasteiger partial charge on any atom is 0.325 e. The van der Waals surface area contributed by atoms with Gasteiger partial charge in [0.15, 0.2) is 5.79 Å². The van der Waals surface area contributed by atoms with Crippen molar-refractivity contribution in [3.05, 3.63) is 77.9 Å². The number of piperidine rings is 1. The number of ether oxygens (including phenoxy) is 4. The van der Waals surface area contributed by atoms with Gasteiger partial charge in [-0.2, -0.15) is 0 Å². The molecular weight excluding hydrogens is 1010 g/mol. The highest BCUT2D eigenvalue weighted by Gasteiger charge is 2.57. The number of hydrogen-bond acceptors (Lipinski definition) is 14. The molecule has 4 amide bonds. The zero-order chi connectivity index (χ0) is 57.9. The number of carbonyl (C=O) groups is 5. The van der Waals surface area contributed by atoms with Crippen LogP contribution in [0.5, 0.6) is 0 Å². The monoisotopic (exact) mass is 1100 g/mol. The zero-order valence-electron chi connectivity index (χ0n) is 48.7. The first-order chi connectivity index (χ1) is 37.4. The molecule has 6 rings (SSSR count). The first-order valence-electron chi connectivity index (χ1n) is 29.1. The average Bonchev–Trinajstić information content (AvgIpc) is 3.55. The lowest BCUT2D eigenvalue weighted by atomic mass is 9.69. The van der Waals surface area contributed by atoms with E-state index in [1.165, 1.54) is 12.1 Å². The van der Waals surface area contributed by atoms with E-state index in [1.807, 2.05) is 78.8 Å². The third-order valence-electron chi connectivity index (χ3n) is 17.8. The van der Waals surface area contributed by atoms with E-state index in [-0.39, 0.29) is 54.9 Å². The van der Waals surface area contributed by atoms with Crippen LogP contribution in [0.1, 0.15) is 139 Å². The largest absolute Gasteiger partial charge is 0.456 e. The second-order valence-corrected chi connectivity index (χ2v) is 24.0. The Labute approximate surface area is 469 Å². The summed E-state index contributed by atoms with van der Waals surface area (Å²) in [7, 11) is 1.54. The van der Waals surface area contributed by atoms with Crippen molar-refractivity contribution in [2.45, 2.75) is 206 Å². The molecule has 1 aromatic carbocycles. The number of amides is 4. The van der Waals surface area contributed by atoms with Crippen LogP contribution in [-0.2, 0) is 49.3 Å². The van der Waals surface area contributed by atoms with Crippen LogP contribution in [0.15, 0.2) is 72.4 Å². The number of fused-ring (bicyclic) bond motifs is 3. The summed E-state index contributed by atoms with van der Waals surface area (Å²) >= 11 is 0. The van der Waals surface area contributed by atoms with Gasteiger partial charge in [0.1, 0.15) is 30.0 Å². The molecule has 0 aromatic heterocycles. The first-order valence-corrected chi connectivity index (χ1v) is 29.1. The highest BCUT2D eigenvalue weighted by Crippen LogP contribution is 2.46. The van der Waals surface area contributed by atoms with Crippen molar-refractivity contribution in [2.75, 3.05) is 19.4 Å². The molecule has 1 aromatic rings. The summed E-state index contributed by atoms with van der Waals surface area (Å²) in [6.45, 7) is 19.3. The SMILES string of the molecule is CC[C@H]1C[C@H](C)[C@@]2(NC1=O)O[C@@H](C[C@H](O)[C@@H](C)CC/C=C/C=C(\C)[C@@H]1C/C=C/C=C/[C@H](O)[C@H](C)[C@H]3OC(C)(OC)CC[C@H]3C(=O)N[C@@H](C(C)C)C(=O)N[C@@H](Cc3cccc(N)c3)C(=O)N3CCCC(N3)C(=O)O1)[C@H](C)[C@H](O)[C@@H]2C. The Morgan fingerprint density at radius 3 is 2.43 bits per heavy atom. The number of esters is 1. The van der Waals surface area contributed by atoms with Gasteiger partial charge in [0.25, 0.3) is 5.91 Å². The number of rotatable bonds is 13. The van der Waals surface area contributed by atoms with Crippen LogP contribution >= 0.6 is 0 Å². The number of benzene rings is 1. The number of aliphatic hydroxyl groups is 3. The van der Waals surface area contributed by atoms with E-state index in [2.05, 4.69) is 28.3 Å². The topological polar surface area (TPSA) is 260 Å². The van der Waals surface area contributed by atoms with Gasteiger partial charge in [-0.1, -0.05) is 110 Å². The van der Waals surface area contributed by atoms with Gasteiger partial charge >= 0.3 is 5.97 Å². The Balaban J connectivity index is 1.20. The van der Waals surface area contributed by atoms with Crippen molar-refractivity contribution in [1.29, 1.82) is 0 Å². The molecule has 2 unspecified atom stereocenters. The fourth-order valence-corrected chi connectivity index (χ4v) is 12.1. The van der Waals surface area contributed by atoms with Gasteiger partial charge in [0, 0.05) is 74.6 Å². The number of methoxy groups -OCH3 is 1. The summed E-state index contributed by atoms with van der Waals surface area (Å²) in [6, 6.07) is 4.00. The summed E-state index contributed by atoms with van der Waals surface area (Å²) < 4.78 is 25.2. The number of aliphatic hydroxyl groups excluding tert-OH is 3. The minimum absolute atomic E-state index is 0.0139. The molecule has 5 aliphatic heterocycles. The number of nitrogens with two attached hydrogens (primary N) is 1. The number of nitrogen functional groups attached to an aromatic ring is 1. The van der Waals surface area contributed by atoms with Gasteiger partial charge in [-0.3, -0.25) is 29.0 Å². The average molecular weight is 1100 g/mol. The van der Waals surface area contributed by atoms with E-state index in [1.54, 1.807) is 50.3 Å². The van der Waals surface area contributed by atoms with E-state index in [0.717, 1.165) is 12.0 Å². The van der Waals surface area contributed by atoms with Gasteiger partial charge in [-0.15, -0.1) is 0 Å². The smallest absolute Gasteiger partial charge is 0.325 e. The van der Waals surface area contributed by atoms with Crippen LogP contribution in [-0.4, -0.2) is 130 Å². The van der Waals surface area contributed by atoms with E-state index >= 15 is 0 Å². The van der Waals surface area contributed by atoms with Gasteiger partial charge in [-0.05, 0) is 93.9 Å². The van der Waals surface area contributed by atoms with Crippen LogP contribution in [0, 0.1) is 47.3 Å². The van der Waals surface area contributed by atoms with Crippen LogP contribution in [0.25, 0.3) is 0 Å². The molecule has 5 aliphatic rings. The first kappa shape index (κ1) is 63.2. The molecule has 0 radical (unpaired) electrons. The van der Waals surface area contributed by atoms with Crippen LogP contribution < -0.4 is 27.1 Å². The van der Waals surface area contributed by atoms with Crippen molar-refractivity contribution in [2.24, 2.45) is 47.3 Å². The maximum absolute atomic E-state index is 14.6. The second-order valence-electron chi connectivity index (χ2n) is 24.0. The van der Waals surface area contributed by atoms with Crippen LogP contribution in [0.2, 0.25) is 0 Å². The van der Waals surface area contributed by atoms with E-state index in [4.69, 9.17) is 24.7 Å². The summed E-state index contributed by atoms with van der Waals surface area (Å²) in [6.07, 6.45) is 13.3. The van der Waals surface area contributed by atoms with Gasteiger partial charge < -0.3 is 56.0 Å². The predicted molar refractivity (Wildman–Crippen MR) is 302 cm³/mol. The third-order valence-corrected chi connectivity index (χ3v) is 17.8. The highest BCUT2D eigenvalue weighted by atomic mass is 16.7. The number of nitrogens with one attached hydrogen (secondary N) is 4. The minimum Gasteiger partial charge on any atom is -0.456 e. The molecule has 1 spiro atoms. The quantitative estimate of drug-likeness (QED) is 0.0632. The molecule has 9 N–H and O–H groups in total. The van der Waals surface area contributed by atoms with E-state index < -0.39 is 108 Å². The molecule has 18 heteroatoms. The number of allylic oxidation sites excluding steroid dienone is 5. The Bertz CT molecular complexity index is 2380. The number of anilines is 1. The molecule has 18 atom stereocenters.